The molecule has 1 unspecified atom stereocenters. The summed E-state index contributed by atoms with van der Waals surface area (Å²) in [5, 5.41) is 0. The summed E-state index contributed by atoms with van der Waals surface area (Å²) in [4.78, 5) is 0. The molecule has 0 spiro atoms. The summed E-state index contributed by atoms with van der Waals surface area (Å²) >= 11 is 0. The maximum absolute atomic E-state index is 3.88. The predicted octanol–water partition coefficient (Wildman–Crippen LogP) is 3.98. The van der Waals surface area contributed by atoms with Crippen molar-refractivity contribution in [1.29, 1.82) is 0 Å². The highest BCUT2D eigenvalue weighted by Gasteiger charge is 2.00. The van der Waals surface area contributed by atoms with Crippen molar-refractivity contribution < 1.29 is 0 Å². The SMILES string of the molecule is [CH2]CCC(C=CC)CCCC. The van der Waals surface area contributed by atoms with Gasteiger partial charge >= 0.3 is 0 Å². The van der Waals surface area contributed by atoms with Crippen LogP contribution in [0.2, 0.25) is 0 Å². The molecule has 0 heterocycles. The van der Waals surface area contributed by atoms with E-state index in [1.807, 2.05) is 0 Å². The molecule has 0 amide bonds. The van der Waals surface area contributed by atoms with Gasteiger partial charge in [0.15, 0.2) is 0 Å². The van der Waals surface area contributed by atoms with Crippen molar-refractivity contribution in [1.82, 2.24) is 0 Å². The third-order valence-corrected chi connectivity index (χ3v) is 1.97. The zero-order valence-electron chi connectivity index (χ0n) is 7.97. The van der Waals surface area contributed by atoms with Gasteiger partial charge in [-0.15, -0.1) is 0 Å². The van der Waals surface area contributed by atoms with Crippen LogP contribution in [-0.4, -0.2) is 0 Å². The van der Waals surface area contributed by atoms with Crippen molar-refractivity contribution in [2.45, 2.75) is 46.0 Å². The van der Waals surface area contributed by atoms with Gasteiger partial charge in [0.25, 0.3) is 0 Å². The first kappa shape index (κ1) is 10.7. The van der Waals surface area contributed by atoms with E-state index in [9.17, 15) is 0 Å². The van der Waals surface area contributed by atoms with E-state index in [1.54, 1.807) is 0 Å². The summed E-state index contributed by atoms with van der Waals surface area (Å²) in [6.07, 6.45) is 10.8. The second kappa shape index (κ2) is 7.84. The molecule has 1 radical (unpaired) electrons. The average Bonchev–Trinajstić information content (AvgIpc) is 2.01. The molecule has 0 aliphatic carbocycles. The Kier molecular flexibility index (Phi) is 7.66. The average molecular weight is 153 g/mol. The molecule has 0 fully saturated rings. The Morgan fingerprint density at radius 2 is 2.09 bits per heavy atom. The Bertz CT molecular complexity index is 92.2. The number of hydrogen-bond donors (Lipinski definition) is 0. The van der Waals surface area contributed by atoms with Crippen LogP contribution in [0.5, 0.6) is 0 Å². The number of unbranched alkanes of at least 4 members (excludes halogenated alkanes) is 1. The van der Waals surface area contributed by atoms with Gasteiger partial charge in [-0.25, -0.2) is 0 Å². The van der Waals surface area contributed by atoms with Gasteiger partial charge in [-0.05, 0) is 25.7 Å². The monoisotopic (exact) mass is 153 g/mol. The van der Waals surface area contributed by atoms with Crippen LogP contribution in [0.3, 0.4) is 0 Å². The topological polar surface area (TPSA) is 0 Å². The van der Waals surface area contributed by atoms with Gasteiger partial charge in [0, 0.05) is 0 Å². The lowest BCUT2D eigenvalue weighted by molar-refractivity contribution is 0.521. The third-order valence-electron chi connectivity index (χ3n) is 1.97. The van der Waals surface area contributed by atoms with Gasteiger partial charge in [-0.2, -0.15) is 0 Å². The summed E-state index contributed by atoms with van der Waals surface area (Å²) in [5.41, 5.74) is 0. The maximum Gasteiger partial charge on any atom is -0.0234 e. The van der Waals surface area contributed by atoms with Crippen LogP contribution in [-0.2, 0) is 0 Å². The Morgan fingerprint density at radius 1 is 1.36 bits per heavy atom. The molecule has 0 aromatic rings. The lowest BCUT2D eigenvalue weighted by atomic mass is 9.97. The second-order valence-corrected chi connectivity index (χ2v) is 3.07. The Balaban J connectivity index is 3.51. The first-order valence-corrected chi connectivity index (χ1v) is 4.77. The van der Waals surface area contributed by atoms with E-state index < -0.39 is 0 Å². The van der Waals surface area contributed by atoms with E-state index in [0.29, 0.717) is 0 Å². The molecule has 0 aliphatic rings. The summed E-state index contributed by atoms with van der Waals surface area (Å²) < 4.78 is 0. The van der Waals surface area contributed by atoms with Crippen LogP contribution in [0.25, 0.3) is 0 Å². The fourth-order valence-electron chi connectivity index (χ4n) is 1.34. The fourth-order valence-corrected chi connectivity index (χ4v) is 1.34. The Hall–Kier alpha value is -0.260. The molecular formula is C11H21. The molecule has 0 nitrogen and oxygen atoms in total. The largest absolute Gasteiger partial charge is 0.0914 e. The van der Waals surface area contributed by atoms with Crippen LogP contribution in [0.1, 0.15) is 46.0 Å². The predicted molar refractivity (Wildman–Crippen MR) is 52.4 cm³/mol. The van der Waals surface area contributed by atoms with Crippen molar-refractivity contribution in [3.63, 3.8) is 0 Å². The van der Waals surface area contributed by atoms with Crippen molar-refractivity contribution in [2.24, 2.45) is 5.92 Å². The zero-order valence-corrected chi connectivity index (χ0v) is 7.97. The fraction of sp³-hybridized carbons (Fsp3) is 0.727. The smallest absolute Gasteiger partial charge is 0.0234 e. The van der Waals surface area contributed by atoms with E-state index in [0.717, 1.165) is 12.3 Å². The van der Waals surface area contributed by atoms with Gasteiger partial charge < -0.3 is 0 Å². The first-order valence-electron chi connectivity index (χ1n) is 4.77. The maximum atomic E-state index is 3.88. The quantitative estimate of drug-likeness (QED) is 0.506. The lowest BCUT2D eigenvalue weighted by Gasteiger charge is -2.09. The Morgan fingerprint density at radius 3 is 2.55 bits per heavy atom. The molecule has 11 heavy (non-hydrogen) atoms. The van der Waals surface area contributed by atoms with E-state index in [-0.39, 0.29) is 0 Å². The number of rotatable bonds is 6. The van der Waals surface area contributed by atoms with Crippen LogP contribution in [0.4, 0.5) is 0 Å². The lowest BCUT2D eigenvalue weighted by Crippen LogP contribution is -1.95. The van der Waals surface area contributed by atoms with Gasteiger partial charge in [0.1, 0.15) is 0 Å². The molecule has 0 aromatic heterocycles. The molecule has 0 aromatic carbocycles. The van der Waals surface area contributed by atoms with Gasteiger partial charge in [-0.1, -0.05) is 45.3 Å². The van der Waals surface area contributed by atoms with Crippen molar-refractivity contribution in [3.8, 4) is 0 Å². The van der Waals surface area contributed by atoms with Gasteiger partial charge in [0.05, 0.1) is 0 Å². The minimum absolute atomic E-state index is 0.789. The Labute approximate surface area is 71.7 Å². The van der Waals surface area contributed by atoms with Crippen LogP contribution < -0.4 is 0 Å². The van der Waals surface area contributed by atoms with E-state index in [4.69, 9.17) is 0 Å². The number of hydrogen-bond acceptors (Lipinski definition) is 0. The van der Waals surface area contributed by atoms with Crippen molar-refractivity contribution in [2.75, 3.05) is 0 Å². The second-order valence-electron chi connectivity index (χ2n) is 3.07. The first-order chi connectivity index (χ1) is 5.35. The highest BCUT2D eigenvalue weighted by molar-refractivity contribution is 4.85. The molecule has 65 valence electrons. The minimum atomic E-state index is 0.789. The molecule has 0 saturated heterocycles. The van der Waals surface area contributed by atoms with Crippen LogP contribution in [0.15, 0.2) is 12.2 Å². The summed E-state index contributed by atoms with van der Waals surface area (Å²) in [5.74, 6) is 0.789. The zero-order chi connectivity index (χ0) is 8.53. The highest BCUT2D eigenvalue weighted by Crippen LogP contribution is 2.15. The summed E-state index contributed by atoms with van der Waals surface area (Å²) in [6.45, 7) is 8.23. The molecule has 0 aliphatic heterocycles. The molecule has 0 saturated carbocycles. The summed E-state index contributed by atoms with van der Waals surface area (Å²) in [7, 11) is 0. The molecule has 1 atom stereocenters. The van der Waals surface area contributed by atoms with Gasteiger partial charge in [-0.3, -0.25) is 0 Å². The molecule has 0 bridgehead atoms. The highest BCUT2D eigenvalue weighted by atomic mass is 14.1. The van der Waals surface area contributed by atoms with E-state index >= 15 is 0 Å². The molecular weight excluding hydrogens is 132 g/mol. The summed E-state index contributed by atoms with van der Waals surface area (Å²) in [6, 6.07) is 0. The van der Waals surface area contributed by atoms with E-state index in [2.05, 4.69) is 32.9 Å². The van der Waals surface area contributed by atoms with Crippen molar-refractivity contribution in [3.05, 3.63) is 19.1 Å². The molecule has 0 heteroatoms. The van der Waals surface area contributed by atoms with E-state index in [1.165, 1.54) is 25.7 Å². The molecule has 0 N–H and O–H groups in total. The normalized spacial score (nSPS) is 14.1. The molecule has 0 rings (SSSR count). The van der Waals surface area contributed by atoms with Crippen molar-refractivity contribution >= 4 is 0 Å². The number of allylic oxidation sites excluding steroid dienone is 2. The van der Waals surface area contributed by atoms with Crippen LogP contribution in [0, 0.1) is 12.8 Å². The standard InChI is InChI=1S/C11H21/c1-4-7-10-11(8-5-2)9-6-3/h6,9,11H,2,4-5,7-8,10H2,1,3H3. The third kappa shape index (κ3) is 6.15. The minimum Gasteiger partial charge on any atom is -0.0914 e. The van der Waals surface area contributed by atoms with Gasteiger partial charge in [0.2, 0.25) is 0 Å². The van der Waals surface area contributed by atoms with Crippen LogP contribution >= 0.6 is 0 Å².